The number of hydrogen-bond donors (Lipinski definition) is 1. The van der Waals surface area contributed by atoms with E-state index in [1.165, 1.54) is 35.2 Å². The van der Waals surface area contributed by atoms with Crippen LogP contribution in [0.25, 0.3) is 10.2 Å². The number of ether oxygens (including phenoxy) is 1. The summed E-state index contributed by atoms with van der Waals surface area (Å²) in [5, 5.41) is 12.7. The summed E-state index contributed by atoms with van der Waals surface area (Å²) in [5.74, 6) is 0.874. The number of thiazole rings is 1. The summed E-state index contributed by atoms with van der Waals surface area (Å²) in [5.41, 5.74) is 1.98. The molecular weight excluding hydrogens is 461 g/mol. The van der Waals surface area contributed by atoms with E-state index in [4.69, 9.17) is 4.74 Å². The zero-order valence-electron chi connectivity index (χ0n) is 18.7. The largest absolute Gasteiger partial charge is 0.483 e. The molecule has 0 spiro atoms. The number of benzene rings is 2. The summed E-state index contributed by atoms with van der Waals surface area (Å²) < 4.78 is 22.1. The van der Waals surface area contributed by atoms with E-state index in [2.05, 4.69) is 20.5 Å². The van der Waals surface area contributed by atoms with E-state index in [0.29, 0.717) is 21.9 Å². The molecule has 0 aliphatic rings. The Morgan fingerprint density at radius 3 is 2.64 bits per heavy atom. The average molecular weight is 486 g/mol. The molecule has 2 heterocycles. The van der Waals surface area contributed by atoms with E-state index in [1.54, 1.807) is 12.1 Å². The molecule has 0 aliphatic carbocycles. The molecule has 0 saturated carbocycles. The summed E-state index contributed by atoms with van der Waals surface area (Å²) in [4.78, 5) is 17.1. The second-order valence-electron chi connectivity index (χ2n) is 7.80. The highest BCUT2D eigenvalue weighted by atomic mass is 32.2. The van der Waals surface area contributed by atoms with Crippen molar-refractivity contribution in [3.8, 4) is 5.75 Å². The van der Waals surface area contributed by atoms with Crippen molar-refractivity contribution in [1.29, 1.82) is 0 Å². The Kier molecular flexibility index (Phi) is 6.94. The molecule has 1 amide bonds. The van der Waals surface area contributed by atoms with Crippen LogP contribution < -0.4 is 10.1 Å². The van der Waals surface area contributed by atoms with E-state index in [-0.39, 0.29) is 23.5 Å². The molecule has 0 fully saturated rings. The molecule has 7 nitrogen and oxygen atoms in total. The Morgan fingerprint density at radius 2 is 1.94 bits per heavy atom. The monoisotopic (exact) mass is 485 g/mol. The molecule has 2 aromatic carbocycles. The lowest BCUT2D eigenvalue weighted by molar-refractivity contribution is -0.113. The van der Waals surface area contributed by atoms with Crippen molar-refractivity contribution in [2.45, 2.75) is 45.0 Å². The van der Waals surface area contributed by atoms with E-state index in [9.17, 15) is 9.18 Å². The van der Waals surface area contributed by atoms with Gasteiger partial charge in [-0.3, -0.25) is 4.79 Å². The van der Waals surface area contributed by atoms with Gasteiger partial charge < -0.3 is 14.6 Å². The molecule has 0 bridgehead atoms. The van der Waals surface area contributed by atoms with Gasteiger partial charge in [-0.25, -0.2) is 9.37 Å². The minimum absolute atomic E-state index is 0.0621. The van der Waals surface area contributed by atoms with E-state index < -0.39 is 6.10 Å². The molecule has 1 atom stereocenters. The summed E-state index contributed by atoms with van der Waals surface area (Å²) in [6.07, 6.45) is -0.403. The standard InChI is InChI=1S/C23H24FN5O2S2/c1-13(2)29-21(15(4)31-17-10-8-16(24)9-11-17)27-28-23(29)32-12-19(30)25-22-26-20-14(3)6-5-7-18(20)33-22/h5-11,13,15H,12H2,1-4H3,(H,25,26,30). The Hall–Kier alpha value is -2.98. The van der Waals surface area contributed by atoms with Crippen LogP contribution in [-0.2, 0) is 4.79 Å². The number of halogens is 1. The van der Waals surface area contributed by atoms with Crippen LogP contribution in [0.2, 0.25) is 0 Å². The number of anilines is 1. The van der Waals surface area contributed by atoms with Crippen molar-refractivity contribution in [1.82, 2.24) is 19.7 Å². The zero-order valence-corrected chi connectivity index (χ0v) is 20.3. The van der Waals surface area contributed by atoms with Crippen molar-refractivity contribution in [3.63, 3.8) is 0 Å². The van der Waals surface area contributed by atoms with Gasteiger partial charge in [0.25, 0.3) is 0 Å². The number of carbonyl (C=O) groups excluding carboxylic acids is 1. The molecule has 0 aliphatic heterocycles. The summed E-state index contributed by atoms with van der Waals surface area (Å²) in [7, 11) is 0. The first-order valence-electron chi connectivity index (χ1n) is 10.5. The molecule has 1 N–H and O–H groups in total. The van der Waals surface area contributed by atoms with Gasteiger partial charge in [0.1, 0.15) is 11.6 Å². The van der Waals surface area contributed by atoms with Gasteiger partial charge in [-0.2, -0.15) is 0 Å². The van der Waals surface area contributed by atoms with Gasteiger partial charge in [0.05, 0.1) is 16.0 Å². The lowest BCUT2D eigenvalue weighted by atomic mass is 10.2. The van der Waals surface area contributed by atoms with Crippen LogP contribution in [0.4, 0.5) is 9.52 Å². The quantitative estimate of drug-likeness (QED) is 0.318. The molecule has 2 aromatic heterocycles. The minimum atomic E-state index is -0.403. The first kappa shape index (κ1) is 23.2. The third-order valence-corrected chi connectivity index (χ3v) is 6.78. The van der Waals surface area contributed by atoms with Gasteiger partial charge in [-0.05, 0) is 63.6 Å². The van der Waals surface area contributed by atoms with Gasteiger partial charge in [0.2, 0.25) is 5.91 Å². The fourth-order valence-electron chi connectivity index (χ4n) is 3.34. The Morgan fingerprint density at radius 1 is 1.18 bits per heavy atom. The highest BCUT2D eigenvalue weighted by Crippen LogP contribution is 2.30. The number of amides is 1. The number of nitrogens with one attached hydrogen (secondary N) is 1. The van der Waals surface area contributed by atoms with Crippen LogP contribution >= 0.6 is 23.1 Å². The molecule has 1 unspecified atom stereocenters. The van der Waals surface area contributed by atoms with Crippen LogP contribution in [-0.4, -0.2) is 31.4 Å². The molecule has 0 radical (unpaired) electrons. The molecule has 10 heteroatoms. The average Bonchev–Trinajstić information content (AvgIpc) is 3.38. The molecular formula is C23H24FN5O2S2. The fraction of sp³-hybridized carbons (Fsp3) is 0.304. The van der Waals surface area contributed by atoms with Crippen molar-refractivity contribution in [2.75, 3.05) is 11.1 Å². The van der Waals surface area contributed by atoms with Crippen LogP contribution in [0.1, 0.15) is 44.3 Å². The van der Waals surface area contributed by atoms with Crippen LogP contribution in [0, 0.1) is 12.7 Å². The smallest absolute Gasteiger partial charge is 0.236 e. The lowest BCUT2D eigenvalue weighted by Gasteiger charge is -2.18. The highest BCUT2D eigenvalue weighted by molar-refractivity contribution is 7.99. The zero-order chi connectivity index (χ0) is 23.5. The Bertz CT molecular complexity index is 1270. The van der Waals surface area contributed by atoms with Crippen LogP contribution in [0.3, 0.4) is 0 Å². The molecule has 172 valence electrons. The number of hydrogen-bond acceptors (Lipinski definition) is 7. The molecule has 33 heavy (non-hydrogen) atoms. The second kappa shape index (κ2) is 9.88. The van der Waals surface area contributed by atoms with Gasteiger partial charge in [0.15, 0.2) is 22.2 Å². The normalized spacial score (nSPS) is 12.3. The minimum Gasteiger partial charge on any atom is -0.483 e. The van der Waals surface area contributed by atoms with E-state index >= 15 is 0 Å². The number of aromatic nitrogens is 4. The van der Waals surface area contributed by atoms with Crippen molar-refractivity contribution in [3.05, 3.63) is 59.7 Å². The van der Waals surface area contributed by atoms with Crippen LogP contribution in [0.15, 0.2) is 47.6 Å². The number of nitrogens with zero attached hydrogens (tertiary/aromatic N) is 4. The number of carbonyl (C=O) groups is 1. The summed E-state index contributed by atoms with van der Waals surface area (Å²) in [6, 6.07) is 11.9. The number of para-hydroxylation sites is 1. The third-order valence-electron chi connectivity index (χ3n) is 4.90. The molecule has 4 aromatic rings. The number of rotatable bonds is 8. The van der Waals surface area contributed by atoms with Gasteiger partial charge in [0, 0.05) is 6.04 Å². The second-order valence-corrected chi connectivity index (χ2v) is 9.77. The van der Waals surface area contributed by atoms with Gasteiger partial charge >= 0.3 is 0 Å². The van der Waals surface area contributed by atoms with Gasteiger partial charge in [-0.15, -0.1) is 10.2 Å². The topological polar surface area (TPSA) is 81.9 Å². The summed E-state index contributed by atoms with van der Waals surface area (Å²) >= 11 is 2.76. The first-order chi connectivity index (χ1) is 15.8. The maximum atomic E-state index is 13.2. The number of aryl methyl sites for hydroxylation is 1. The van der Waals surface area contributed by atoms with E-state index in [0.717, 1.165) is 15.8 Å². The van der Waals surface area contributed by atoms with Gasteiger partial charge in [-0.1, -0.05) is 35.2 Å². The number of fused-ring (bicyclic) bond motifs is 1. The first-order valence-corrected chi connectivity index (χ1v) is 12.3. The molecule has 4 rings (SSSR count). The van der Waals surface area contributed by atoms with Crippen molar-refractivity contribution in [2.24, 2.45) is 0 Å². The third kappa shape index (κ3) is 5.33. The SMILES string of the molecule is Cc1cccc2sc(NC(=O)CSc3nnc(C(C)Oc4ccc(F)cc4)n3C(C)C)nc12. The summed E-state index contributed by atoms with van der Waals surface area (Å²) in [6.45, 7) is 7.90. The Balaban J connectivity index is 1.43. The number of thioether (sulfide) groups is 1. The maximum absolute atomic E-state index is 13.2. The Labute approximate surface area is 199 Å². The fourth-order valence-corrected chi connectivity index (χ4v) is 5.18. The van der Waals surface area contributed by atoms with Crippen molar-refractivity contribution >= 4 is 44.4 Å². The van der Waals surface area contributed by atoms with E-state index in [1.807, 2.05) is 50.5 Å². The lowest BCUT2D eigenvalue weighted by Crippen LogP contribution is -2.16. The predicted molar refractivity (Wildman–Crippen MR) is 130 cm³/mol. The highest BCUT2D eigenvalue weighted by Gasteiger charge is 2.22. The van der Waals surface area contributed by atoms with Crippen LogP contribution in [0.5, 0.6) is 5.75 Å². The van der Waals surface area contributed by atoms with Crippen molar-refractivity contribution < 1.29 is 13.9 Å². The predicted octanol–water partition coefficient (Wildman–Crippen LogP) is 5.79. The maximum Gasteiger partial charge on any atom is 0.236 e. The molecule has 0 saturated heterocycles.